The number of rotatable bonds is 6. The summed E-state index contributed by atoms with van der Waals surface area (Å²) in [6.45, 7) is 4.22. The van der Waals surface area contributed by atoms with Crippen LogP contribution in [0.15, 0.2) is 38.3 Å². The van der Waals surface area contributed by atoms with Gasteiger partial charge in [0.2, 0.25) is 5.82 Å². The van der Waals surface area contributed by atoms with Gasteiger partial charge in [-0.15, -0.1) is 0 Å². The number of alkyl halides is 3. The van der Waals surface area contributed by atoms with Gasteiger partial charge in [0.25, 0.3) is 5.91 Å². The van der Waals surface area contributed by atoms with E-state index in [2.05, 4.69) is 46.5 Å². The van der Waals surface area contributed by atoms with E-state index in [-0.39, 0.29) is 35.5 Å². The smallest absolute Gasteiger partial charge is 0.329 e. The largest absolute Gasteiger partial charge is 0.471 e. The third-order valence-electron chi connectivity index (χ3n) is 5.16. The lowest BCUT2D eigenvalue weighted by Crippen LogP contribution is -2.32. The standard InChI is InChI=1S/C19H18Br2F3N3O3/c1-18(2)12(8-13(20)21)14(18)16(28)27(29-3)9-10-4-6-11(7-5-10)15-25-17(30-26-15)19(22,23)24/h4-8,12,14H,9H2,1-3H3. The van der Waals surface area contributed by atoms with Gasteiger partial charge in [-0.3, -0.25) is 9.63 Å². The van der Waals surface area contributed by atoms with Crippen LogP contribution in [0.5, 0.6) is 0 Å². The molecule has 1 aliphatic rings. The lowest BCUT2D eigenvalue weighted by Gasteiger charge is -2.20. The van der Waals surface area contributed by atoms with Crippen molar-refractivity contribution in [3.05, 3.63) is 45.2 Å². The minimum absolute atomic E-state index is 0.0693. The number of aromatic nitrogens is 2. The maximum Gasteiger partial charge on any atom is 0.471 e. The number of nitrogens with zero attached hydrogens (tertiary/aromatic N) is 3. The van der Waals surface area contributed by atoms with Crippen molar-refractivity contribution in [2.45, 2.75) is 26.6 Å². The highest BCUT2D eigenvalue weighted by molar-refractivity contribution is 9.28. The van der Waals surface area contributed by atoms with Crippen LogP contribution in [0.4, 0.5) is 13.2 Å². The summed E-state index contributed by atoms with van der Waals surface area (Å²) in [5.74, 6) is -1.85. The Hall–Kier alpha value is -1.72. The van der Waals surface area contributed by atoms with Crippen LogP contribution in [0.1, 0.15) is 25.3 Å². The second-order valence-electron chi connectivity index (χ2n) is 7.46. The Labute approximate surface area is 187 Å². The number of allylic oxidation sites excluding steroid dienone is 1. The molecule has 6 nitrogen and oxygen atoms in total. The third kappa shape index (κ3) is 4.78. The predicted molar refractivity (Wildman–Crippen MR) is 109 cm³/mol. The van der Waals surface area contributed by atoms with Crippen LogP contribution in [0.25, 0.3) is 11.4 Å². The van der Waals surface area contributed by atoms with Gasteiger partial charge in [0.05, 0.1) is 23.0 Å². The summed E-state index contributed by atoms with van der Waals surface area (Å²) in [5.41, 5.74) is 0.906. The molecule has 0 aliphatic heterocycles. The highest BCUT2D eigenvalue weighted by atomic mass is 79.9. The normalized spacial score (nSPS) is 20.0. The SMILES string of the molecule is CON(Cc1ccc(-c2noc(C(F)(F)F)n2)cc1)C(=O)C1C(C=C(Br)Br)C1(C)C. The van der Waals surface area contributed by atoms with E-state index in [1.165, 1.54) is 12.2 Å². The van der Waals surface area contributed by atoms with Crippen molar-refractivity contribution in [1.29, 1.82) is 0 Å². The molecule has 1 aromatic carbocycles. The zero-order chi connectivity index (χ0) is 22.3. The van der Waals surface area contributed by atoms with Crippen molar-refractivity contribution in [2.24, 2.45) is 17.3 Å². The molecule has 1 heterocycles. The summed E-state index contributed by atoms with van der Waals surface area (Å²) >= 11 is 6.66. The number of hydrogen-bond acceptors (Lipinski definition) is 5. The van der Waals surface area contributed by atoms with E-state index >= 15 is 0 Å². The Morgan fingerprint density at radius 2 is 1.93 bits per heavy atom. The van der Waals surface area contributed by atoms with Crippen molar-refractivity contribution >= 4 is 37.8 Å². The molecule has 1 fully saturated rings. The molecule has 1 amide bonds. The van der Waals surface area contributed by atoms with Crippen molar-refractivity contribution < 1.29 is 27.3 Å². The number of carbonyl (C=O) groups excluding carboxylic acids is 1. The summed E-state index contributed by atoms with van der Waals surface area (Å²) in [4.78, 5) is 21.6. The molecule has 30 heavy (non-hydrogen) atoms. The fourth-order valence-corrected chi connectivity index (χ4v) is 3.93. The minimum atomic E-state index is -4.70. The average molecular weight is 553 g/mol. The second-order valence-corrected chi connectivity index (χ2v) is 10.2. The molecule has 0 radical (unpaired) electrons. The molecule has 162 valence electrons. The molecule has 0 bridgehead atoms. The molecule has 11 heteroatoms. The maximum absolute atomic E-state index is 12.9. The predicted octanol–water partition coefficient (Wildman–Crippen LogP) is 5.55. The van der Waals surface area contributed by atoms with Crippen LogP contribution in [-0.2, 0) is 22.4 Å². The maximum atomic E-state index is 12.9. The molecule has 1 aromatic heterocycles. The molecule has 0 N–H and O–H groups in total. The van der Waals surface area contributed by atoms with Gasteiger partial charge in [0.1, 0.15) is 0 Å². The molecule has 1 saturated carbocycles. The van der Waals surface area contributed by atoms with Crippen LogP contribution < -0.4 is 0 Å². The fraction of sp³-hybridized carbons (Fsp3) is 0.421. The first-order valence-electron chi connectivity index (χ1n) is 8.83. The average Bonchev–Trinajstić information content (AvgIpc) is 3.01. The Bertz CT molecular complexity index is 954. The zero-order valence-electron chi connectivity index (χ0n) is 16.2. The van der Waals surface area contributed by atoms with Gasteiger partial charge in [-0.2, -0.15) is 18.2 Å². The number of amides is 1. The Morgan fingerprint density at radius 1 is 1.30 bits per heavy atom. The van der Waals surface area contributed by atoms with E-state index in [0.717, 1.165) is 8.96 Å². The Balaban J connectivity index is 1.70. The molecule has 3 rings (SSSR count). The fourth-order valence-electron chi connectivity index (χ4n) is 3.36. The van der Waals surface area contributed by atoms with Gasteiger partial charge in [0, 0.05) is 5.56 Å². The first kappa shape index (κ1) is 23.0. The second kappa shape index (κ2) is 8.43. The van der Waals surface area contributed by atoms with Crippen LogP contribution in [0.2, 0.25) is 0 Å². The quantitative estimate of drug-likeness (QED) is 0.440. The van der Waals surface area contributed by atoms with Gasteiger partial charge in [0.15, 0.2) is 0 Å². The molecule has 1 aliphatic carbocycles. The molecule has 0 saturated heterocycles. The molecule has 2 atom stereocenters. The highest BCUT2D eigenvalue weighted by Gasteiger charge is 2.61. The number of benzene rings is 1. The van der Waals surface area contributed by atoms with Gasteiger partial charge in [-0.25, -0.2) is 5.06 Å². The monoisotopic (exact) mass is 551 g/mol. The summed E-state index contributed by atoms with van der Waals surface area (Å²) in [6, 6.07) is 6.46. The Kier molecular flexibility index (Phi) is 6.45. The van der Waals surface area contributed by atoms with E-state index in [0.29, 0.717) is 5.56 Å². The summed E-state index contributed by atoms with van der Waals surface area (Å²) in [7, 11) is 1.42. The lowest BCUT2D eigenvalue weighted by molar-refractivity contribution is -0.181. The number of hydroxylamine groups is 2. The van der Waals surface area contributed by atoms with Gasteiger partial charge >= 0.3 is 12.1 Å². The third-order valence-corrected chi connectivity index (χ3v) is 5.68. The first-order valence-corrected chi connectivity index (χ1v) is 10.4. The molecule has 2 aromatic rings. The first-order chi connectivity index (χ1) is 13.9. The Morgan fingerprint density at radius 3 is 2.43 bits per heavy atom. The van der Waals surface area contributed by atoms with Crippen LogP contribution in [0.3, 0.4) is 0 Å². The van der Waals surface area contributed by atoms with E-state index < -0.39 is 12.1 Å². The summed E-state index contributed by atoms with van der Waals surface area (Å²) in [5, 5.41) is 4.64. The van der Waals surface area contributed by atoms with Crippen LogP contribution in [-0.4, -0.2) is 28.2 Å². The van der Waals surface area contributed by atoms with Gasteiger partial charge < -0.3 is 4.52 Å². The summed E-state index contributed by atoms with van der Waals surface area (Å²) < 4.78 is 42.9. The van der Waals surface area contributed by atoms with Crippen molar-refractivity contribution in [1.82, 2.24) is 15.2 Å². The van der Waals surface area contributed by atoms with Crippen molar-refractivity contribution in [3.63, 3.8) is 0 Å². The molecular weight excluding hydrogens is 535 g/mol. The number of carbonyl (C=O) groups is 1. The van der Waals surface area contributed by atoms with E-state index in [1.54, 1.807) is 24.3 Å². The molecular formula is C19H18Br2F3N3O3. The highest BCUT2D eigenvalue weighted by Crippen LogP contribution is 2.60. The summed E-state index contributed by atoms with van der Waals surface area (Å²) in [6.07, 6.45) is -2.75. The van der Waals surface area contributed by atoms with Crippen LogP contribution in [0, 0.1) is 17.3 Å². The van der Waals surface area contributed by atoms with Crippen molar-refractivity contribution in [2.75, 3.05) is 7.11 Å². The van der Waals surface area contributed by atoms with E-state index in [9.17, 15) is 18.0 Å². The molecule has 0 spiro atoms. The lowest BCUT2D eigenvalue weighted by atomic mass is 10.1. The molecule has 2 unspecified atom stereocenters. The minimum Gasteiger partial charge on any atom is -0.329 e. The number of hydrogen-bond donors (Lipinski definition) is 0. The zero-order valence-corrected chi connectivity index (χ0v) is 19.4. The van der Waals surface area contributed by atoms with Gasteiger partial charge in [-0.05, 0) is 48.8 Å². The van der Waals surface area contributed by atoms with E-state index in [1.807, 2.05) is 19.9 Å². The number of halogens is 5. The van der Waals surface area contributed by atoms with E-state index in [4.69, 9.17) is 4.84 Å². The van der Waals surface area contributed by atoms with Crippen LogP contribution >= 0.6 is 31.9 Å². The topological polar surface area (TPSA) is 68.5 Å². The van der Waals surface area contributed by atoms with Gasteiger partial charge in [-0.1, -0.05) is 49.3 Å². The van der Waals surface area contributed by atoms with Crippen molar-refractivity contribution in [3.8, 4) is 11.4 Å².